The van der Waals surface area contributed by atoms with Gasteiger partial charge in [0, 0.05) is 12.6 Å². The molecular weight excluding hydrogens is 207 g/mol. The van der Waals surface area contributed by atoms with Crippen molar-refractivity contribution in [2.75, 3.05) is 0 Å². The maximum absolute atomic E-state index is 12.1. The van der Waals surface area contributed by atoms with Crippen molar-refractivity contribution in [1.82, 2.24) is 4.98 Å². The average Bonchev–Trinajstić information content (AvgIpc) is 2.18. The number of hydrogen-bond donors (Lipinski definition) is 0. The van der Waals surface area contributed by atoms with Crippen molar-refractivity contribution in [3.63, 3.8) is 0 Å². The number of alkyl halides is 3. The predicted octanol–water partition coefficient (Wildman–Crippen LogP) is 2.70. The van der Waals surface area contributed by atoms with Crippen LogP contribution in [0.4, 0.5) is 13.2 Å². The van der Waals surface area contributed by atoms with E-state index in [-0.39, 0.29) is 6.42 Å². The number of aldehydes is 1. The molecule has 15 heavy (non-hydrogen) atoms. The minimum atomic E-state index is -4.36. The van der Waals surface area contributed by atoms with Crippen LogP contribution >= 0.6 is 0 Å². The van der Waals surface area contributed by atoms with E-state index in [1.807, 2.05) is 0 Å². The van der Waals surface area contributed by atoms with Gasteiger partial charge in [0.1, 0.15) is 6.29 Å². The fourth-order valence-corrected chi connectivity index (χ4v) is 0.916. The molecule has 0 aliphatic heterocycles. The van der Waals surface area contributed by atoms with Crippen molar-refractivity contribution in [3.05, 3.63) is 35.7 Å². The summed E-state index contributed by atoms with van der Waals surface area (Å²) in [7, 11) is 0. The maximum atomic E-state index is 12.1. The highest BCUT2D eigenvalue weighted by atomic mass is 19.4. The molecule has 0 aliphatic carbocycles. The Balaban J connectivity index is 2.77. The van der Waals surface area contributed by atoms with Crippen LogP contribution in [0.25, 0.3) is 6.08 Å². The van der Waals surface area contributed by atoms with E-state index in [1.54, 1.807) is 0 Å². The largest absolute Gasteiger partial charge is 0.417 e. The third-order valence-electron chi connectivity index (χ3n) is 1.63. The lowest BCUT2D eigenvalue weighted by Gasteiger charge is -2.04. The highest BCUT2D eigenvalue weighted by Gasteiger charge is 2.30. The van der Waals surface area contributed by atoms with E-state index in [2.05, 4.69) is 4.98 Å². The number of halogens is 3. The van der Waals surface area contributed by atoms with Gasteiger partial charge in [-0.05, 0) is 18.2 Å². The number of hydrogen-bond acceptors (Lipinski definition) is 2. The van der Waals surface area contributed by atoms with E-state index in [9.17, 15) is 18.0 Å². The molecule has 0 atom stereocenters. The smallest absolute Gasteiger partial charge is 0.303 e. The summed E-state index contributed by atoms with van der Waals surface area (Å²) in [5, 5.41) is 0. The first-order valence-corrected chi connectivity index (χ1v) is 4.17. The van der Waals surface area contributed by atoms with Gasteiger partial charge in [-0.15, -0.1) is 0 Å². The Hall–Kier alpha value is -1.65. The van der Waals surface area contributed by atoms with Crippen LogP contribution in [-0.2, 0) is 11.0 Å². The van der Waals surface area contributed by atoms with Gasteiger partial charge < -0.3 is 4.79 Å². The van der Waals surface area contributed by atoms with E-state index in [0.717, 1.165) is 12.3 Å². The van der Waals surface area contributed by atoms with Crippen molar-refractivity contribution >= 4 is 12.4 Å². The summed E-state index contributed by atoms with van der Waals surface area (Å²) in [6.45, 7) is 0. The van der Waals surface area contributed by atoms with Crippen LogP contribution in [0.1, 0.15) is 17.7 Å². The lowest BCUT2D eigenvalue weighted by molar-refractivity contribution is -0.137. The monoisotopic (exact) mass is 215 g/mol. The van der Waals surface area contributed by atoms with Gasteiger partial charge in [0.15, 0.2) is 0 Å². The summed E-state index contributed by atoms with van der Waals surface area (Å²) in [6, 6.07) is 2.21. The zero-order valence-electron chi connectivity index (χ0n) is 7.66. The van der Waals surface area contributed by atoms with Crippen LogP contribution in [0.5, 0.6) is 0 Å². The molecule has 80 valence electrons. The minimum Gasteiger partial charge on any atom is -0.303 e. The predicted molar refractivity (Wildman–Crippen MR) is 49.0 cm³/mol. The molecule has 0 fully saturated rings. The third-order valence-corrected chi connectivity index (χ3v) is 1.63. The molecule has 0 aromatic carbocycles. The molecule has 1 aromatic heterocycles. The quantitative estimate of drug-likeness (QED) is 0.725. The van der Waals surface area contributed by atoms with E-state index >= 15 is 0 Å². The number of pyridine rings is 1. The molecule has 1 aromatic rings. The molecule has 5 heteroatoms. The summed E-state index contributed by atoms with van der Waals surface area (Å²) < 4.78 is 36.4. The first kappa shape index (κ1) is 11.4. The van der Waals surface area contributed by atoms with Crippen LogP contribution in [0.3, 0.4) is 0 Å². The first-order chi connectivity index (χ1) is 7.04. The molecule has 1 heterocycles. The Bertz CT molecular complexity index is 354. The van der Waals surface area contributed by atoms with Crippen molar-refractivity contribution in [2.45, 2.75) is 12.6 Å². The summed E-state index contributed by atoms with van der Waals surface area (Å²) in [5.74, 6) is 0. The van der Waals surface area contributed by atoms with Crippen LogP contribution in [0.2, 0.25) is 0 Å². The summed E-state index contributed by atoms with van der Waals surface area (Å²) in [6.07, 6.45) is 0.346. The van der Waals surface area contributed by atoms with Crippen molar-refractivity contribution in [2.24, 2.45) is 0 Å². The van der Waals surface area contributed by atoms with Gasteiger partial charge in [-0.3, -0.25) is 4.98 Å². The Kier molecular flexibility index (Phi) is 3.60. The maximum Gasteiger partial charge on any atom is 0.417 e. The van der Waals surface area contributed by atoms with E-state index < -0.39 is 11.7 Å². The van der Waals surface area contributed by atoms with Crippen molar-refractivity contribution in [1.29, 1.82) is 0 Å². The normalized spacial score (nSPS) is 11.9. The molecule has 0 saturated carbocycles. The number of aromatic nitrogens is 1. The third kappa shape index (κ3) is 3.53. The molecule has 0 amide bonds. The van der Waals surface area contributed by atoms with Gasteiger partial charge in [-0.1, -0.05) is 6.08 Å². The summed E-state index contributed by atoms with van der Waals surface area (Å²) in [5.41, 5.74) is -0.389. The molecule has 0 spiro atoms. The zero-order valence-corrected chi connectivity index (χ0v) is 7.66. The van der Waals surface area contributed by atoms with Crippen molar-refractivity contribution in [3.8, 4) is 0 Å². The van der Waals surface area contributed by atoms with Crippen LogP contribution in [0.15, 0.2) is 24.4 Å². The Morgan fingerprint density at radius 3 is 2.53 bits per heavy atom. The molecule has 0 saturated heterocycles. The second-order valence-electron chi connectivity index (χ2n) is 2.77. The lowest BCUT2D eigenvalue weighted by Crippen LogP contribution is -2.05. The zero-order chi connectivity index (χ0) is 11.3. The molecule has 0 unspecified atom stereocenters. The molecule has 0 bridgehead atoms. The summed E-state index contributed by atoms with van der Waals surface area (Å²) >= 11 is 0. The number of carbonyl (C=O) groups is 1. The average molecular weight is 215 g/mol. The topological polar surface area (TPSA) is 30.0 Å². The standard InChI is InChI=1S/C10H8F3NO/c11-10(12,13)8-4-5-9(14-7-8)3-1-2-6-15/h1,3-7H,2H2. The number of nitrogens with zero attached hydrogens (tertiary/aromatic N) is 1. The van der Waals surface area contributed by atoms with Gasteiger partial charge >= 0.3 is 6.18 Å². The van der Waals surface area contributed by atoms with Gasteiger partial charge in [0.25, 0.3) is 0 Å². The van der Waals surface area contributed by atoms with E-state index in [1.165, 1.54) is 18.2 Å². The summed E-state index contributed by atoms with van der Waals surface area (Å²) in [4.78, 5) is 13.6. The molecule has 0 aliphatic rings. The molecular formula is C10H8F3NO. The first-order valence-electron chi connectivity index (χ1n) is 4.17. The Morgan fingerprint density at radius 1 is 1.33 bits per heavy atom. The molecule has 0 radical (unpaired) electrons. The number of rotatable bonds is 3. The second-order valence-corrected chi connectivity index (χ2v) is 2.77. The van der Waals surface area contributed by atoms with Crippen LogP contribution in [0, 0.1) is 0 Å². The number of carbonyl (C=O) groups excluding carboxylic acids is 1. The SMILES string of the molecule is O=CCC=Cc1ccc(C(F)(F)F)cn1. The van der Waals surface area contributed by atoms with Gasteiger partial charge in [0.05, 0.1) is 11.3 Å². The Labute approximate surface area is 84.4 Å². The highest BCUT2D eigenvalue weighted by molar-refractivity contribution is 5.56. The highest BCUT2D eigenvalue weighted by Crippen LogP contribution is 2.28. The van der Waals surface area contributed by atoms with E-state index in [0.29, 0.717) is 12.0 Å². The second kappa shape index (κ2) is 4.72. The Morgan fingerprint density at radius 2 is 2.07 bits per heavy atom. The fraction of sp³-hybridized carbons (Fsp3) is 0.200. The van der Waals surface area contributed by atoms with Gasteiger partial charge in [0.2, 0.25) is 0 Å². The molecule has 1 rings (SSSR count). The van der Waals surface area contributed by atoms with Gasteiger partial charge in [-0.25, -0.2) is 0 Å². The van der Waals surface area contributed by atoms with Crippen molar-refractivity contribution < 1.29 is 18.0 Å². The number of allylic oxidation sites excluding steroid dienone is 1. The molecule has 2 nitrogen and oxygen atoms in total. The van der Waals surface area contributed by atoms with E-state index in [4.69, 9.17) is 0 Å². The molecule has 0 N–H and O–H groups in total. The van der Waals surface area contributed by atoms with Crippen LogP contribution in [-0.4, -0.2) is 11.3 Å². The van der Waals surface area contributed by atoms with Crippen LogP contribution < -0.4 is 0 Å². The lowest BCUT2D eigenvalue weighted by atomic mass is 10.2. The fourth-order valence-electron chi connectivity index (χ4n) is 0.916. The minimum absolute atomic E-state index is 0.225. The van der Waals surface area contributed by atoms with Gasteiger partial charge in [-0.2, -0.15) is 13.2 Å².